The lowest BCUT2D eigenvalue weighted by Crippen LogP contribution is -2.44. The van der Waals surface area contributed by atoms with Crippen molar-refractivity contribution in [2.45, 2.75) is 51.9 Å². The summed E-state index contributed by atoms with van der Waals surface area (Å²) in [5.74, 6) is -2.86. The lowest BCUT2D eigenvalue weighted by Gasteiger charge is -2.31. The first-order valence-corrected chi connectivity index (χ1v) is 9.08. The average Bonchev–Trinajstić information content (AvgIpc) is 2.94. The maximum atomic E-state index is 12.4. The van der Waals surface area contributed by atoms with E-state index in [0.29, 0.717) is 18.4 Å². The Labute approximate surface area is 164 Å². The molecule has 0 aromatic rings. The van der Waals surface area contributed by atoms with E-state index in [9.17, 15) is 19.5 Å². The molecule has 1 fully saturated rings. The van der Waals surface area contributed by atoms with E-state index in [4.69, 9.17) is 14.2 Å². The molecule has 1 N–H and O–H groups in total. The van der Waals surface area contributed by atoms with Crippen LogP contribution in [0.4, 0.5) is 0 Å². The fraction of sp³-hybridized carbons (Fsp3) is 0.476. The van der Waals surface area contributed by atoms with E-state index in [2.05, 4.69) is 6.58 Å². The van der Waals surface area contributed by atoms with Crippen molar-refractivity contribution in [3.05, 3.63) is 47.1 Å². The van der Waals surface area contributed by atoms with Crippen LogP contribution in [0.25, 0.3) is 0 Å². The van der Waals surface area contributed by atoms with E-state index in [-0.39, 0.29) is 11.1 Å². The number of aliphatic hydroxyl groups excluding tert-OH is 1. The van der Waals surface area contributed by atoms with Crippen molar-refractivity contribution in [2.75, 3.05) is 7.11 Å². The molecule has 28 heavy (non-hydrogen) atoms. The van der Waals surface area contributed by atoms with Crippen molar-refractivity contribution >= 4 is 17.9 Å². The molecular formula is C21H26O7. The molecule has 0 radical (unpaired) electrons. The molecule has 0 saturated carbocycles. The first kappa shape index (κ1) is 21.6. The number of ether oxygens (including phenoxy) is 3. The van der Waals surface area contributed by atoms with Gasteiger partial charge in [0.25, 0.3) is 0 Å². The number of rotatable bonds is 3. The summed E-state index contributed by atoms with van der Waals surface area (Å²) in [4.78, 5) is 36.8. The Morgan fingerprint density at radius 1 is 1.39 bits per heavy atom. The van der Waals surface area contributed by atoms with Gasteiger partial charge >= 0.3 is 17.9 Å². The fourth-order valence-corrected chi connectivity index (χ4v) is 3.24. The molecule has 1 aliphatic heterocycles. The summed E-state index contributed by atoms with van der Waals surface area (Å²) in [6.07, 6.45) is 2.46. The second-order valence-electron chi connectivity index (χ2n) is 6.91. The summed E-state index contributed by atoms with van der Waals surface area (Å²) < 4.78 is 15.7. The molecule has 0 spiro atoms. The van der Waals surface area contributed by atoms with Crippen molar-refractivity contribution in [1.82, 2.24) is 0 Å². The fourth-order valence-electron chi connectivity index (χ4n) is 3.24. The maximum absolute atomic E-state index is 12.4. The second kappa shape index (κ2) is 9.01. The Kier molecular flexibility index (Phi) is 6.96. The maximum Gasteiger partial charge on any atom is 0.336 e. The van der Waals surface area contributed by atoms with Crippen molar-refractivity contribution < 1.29 is 33.7 Å². The SMILES string of the molecule is C=C1C(=O)O[C@@H]2/C=C(\C)CC/C=C(\C(=O)OC)[C@H](O)[C@@H](OC(=O)/C(C)=C/C)[C@@H]12. The minimum absolute atomic E-state index is 0.0287. The summed E-state index contributed by atoms with van der Waals surface area (Å²) >= 11 is 0. The van der Waals surface area contributed by atoms with Gasteiger partial charge in [-0.3, -0.25) is 0 Å². The summed E-state index contributed by atoms with van der Waals surface area (Å²) in [7, 11) is 1.20. The second-order valence-corrected chi connectivity index (χ2v) is 6.91. The highest BCUT2D eigenvalue weighted by atomic mass is 16.6. The number of fused-ring (bicyclic) bond motifs is 1. The largest absolute Gasteiger partial charge is 0.466 e. The van der Waals surface area contributed by atoms with Gasteiger partial charge in [-0.2, -0.15) is 0 Å². The Balaban J connectivity index is 2.57. The van der Waals surface area contributed by atoms with Crippen LogP contribution < -0.4 is 0 Å². The lowest BCUT2D eigenvalue weighted by atomic mass is 9.83. The molecule has 0 aromatic carbocycles. The van der Waals surface area contributed by atoms with Crippen LogP contribution in [-0.2, 0) is 28.6 Å². The van der Waals surface area contributed by atoms with Gasteiger partial charge < -0.3 is 19.3 Å². The van der Waals surface area contributed by atoms with E-state index in [1.807, 2.05) is 6.92 Å². The molecule has 1 heterocycles. The van der Waals surface area contributed by atoms with Gasteiger partial charge in [0.2, 0.25) is 0 Å². The smallest absolute Gasteiger partial charge is 0.336 e. The third-order valence-electron chi connectivity index (χ3n) is 5.02. The van der Waals surface area contributed by atoms with E-state index in [1.54, 1.807) is 32.1 Å². The first-order chi connectivity index (χ1) is 13.2. The zero-order valence-electron chi connectivity index (χ0n) is 16.6. The van der Waals surface area contributed by atoms with Crippen LogP contribution in [0.5, 0.6) is 0 Å². The quantitative estimate of drug-likeness (QED) is 0.341. The van der Waals surface area contributed by atoms with Gasteiger partial charge in [0.05, 0.1) is 18.6 Å². The van der Waals surface area contributed by atoms with Gasteiger partial charge in [0, 0.05) is 11.1 Å². The predicted molar refractivity (Wildman–Crippen MR) is 101 cm³/mol. The number of aliphatic hydroxyl groups is 1. The van der Waals surface area contributed by atoms with Crippen molar-refractivity contribution in [3.63, 3.8) is 0 Å². The molecule has 1 aliphatic carbocycles. The van der Waals surface area contributed by atoms with Crippen LogP contribution in [0.1, 0.15) is 33.6 Å². The summed E-state index contributed by atoms with van der Waals surface area (Å²) in [5, 5.41) is 11.0. The van der Waals surface area contributed by atoms with Crippen molar-refractivity contribution in [3.8, 4) is 0 Å². The molecule has 0 unspecified atom stereocenters. The zero-order valence-corrected chi connectivity index (χ0v) is 16.6. The molecule has 7 heteroatoms. The van der Waals surface area contributed by atoms with Gasteiger partial charge in [-0.1, -0.05) is 24.3 Å². The number of hydrogen-bond acceptors (Lipinski definition) is 7. The Hall–Kier alpha value is -2.67. The molecule has 2 rings (SSSR count). The van der Waals surface area contributed by atoms with E-state index < -0.39 is 42.1 Å². The van der Waals surface area contributed by atoms with E-state index in [1.165, 1.54) is 7.11 Å². The topological polar surface area (TPSA) is 99.1 Å². The van der Waals surface area contributed by atoms with Crippen LogP contribution in [0, 0.1) is 5.92 Å². The van der Waals surface area contributed by atoms with Gasteiger partial charge in [0.1, 0.15) is 18.3 Å². The average molecular weight is 390 g/mol. The molecule has 0 amide bonds. The van der Waals surface area contributed by atoms with Gasteiger partial charge in [0.15, 0.2) is 0 Å². The third-order valence-corrected chi connectivity index (χ3v) is 5.02. The normalized spacial score (nSPS) is 32.2. The van der Waals surface area contributed by atoms with Crippen LogP contribution in [0.15, 0.2) is 47.1 Å². The highest BCUT2D eigenvalue weighted by molar-refractivity contribution is 5.93. The summed E-state index contributed by atoms with van der Waals surface area (Å²) in [6, 6.07) is 0. The number of methoxy groups -OCH3 is 1. The number of carbonyl (C=O) groups excluding carboxylic acids is 3. The minimum Gasteiger partial charge on any atom is -0.466 e. The van der Waals surface area contributed by atoms with Crippen molar-refractivity contribution in [2.24, 2.45) is 5.92 Å². The van der Waals surface area contributed by atoms with Crippen LogP contribution >= 0.6 is 0 Å². The molecule has 4 atom stereocenters. The van der Waals surface area contributed by atoms with Gasteiger partial charge in [-0.05, 0) is 39.7 Å². The first-order valence-electron chi connectivity index (χ1n) is 9.08. The van der Waals surface area contributed by atoms with Crippen LogP contribution in [0.2, 0.25) is 0 Å². The van der Waals surface area contributed by atoms with Crippen molar-refractivity contribution in [1.29, 1.82) is 0 Å². The van der Waals surface area contributed by atoms with Gasteiger partial charge in [-0.25, -0.2) is 14.4 Å². The molecule has 152 valence electrons. The summed E-state index contributed by atoms with van der Waals surface area (Å²) in [5.41, 5.74) is 1.31. The third kappa shape index (κ3) is 4.42. The Morgan fingerprint density at radius 3 is 2.68 bits per heavy atom. The molecule has 2 aliphatic rings. The predicted octanol–water partition coefficient (Wildman–Crippen LogP) is 2.16. The van der Waals surface area contributed by atoms with E-state index in [0.717, 1.165) is 5.57 Å². The molecule has 1 saturated heterocycles. The number of carbonyl (C=O) groups is 3. The number of hydrogen-bond donors (Lipinski definition) is 1. The molecule has 7 nitrogen and oxygen atoms in total. The van der Waals surface area contributed by atoms with Crippen LogP contribution in [-0.4, -0.2) is 48.4 Å². The minimum atomic E-state index is -1.51. The monoisotopic (exact) mass is 390 g/mol. The highest BCUT2D eigenvalue weighted by Crippen LogP contribution is 2.37. The molecular weight excluding hydrogens is 364 g/mol. The number of esters is 3. The lowest BCUT2D eigenvalue weighted by molar-refractivity contribution is -0.155. The number of allylic oxidation sites excluding steroid dienone is 3. The van der Waals surface area contributed by atoms with Gasteiger partial charge in [-0.15, -0.1) is 0 Å². The standard InChI is InChI=1S/C21H26O7/c1-6-12(3)19(23)28-18-16-13(4)20(24)27-15(16)10-11(2)8-7-9-14(17(18)22)21(25)26-5/h6,9-10,15-18,22H,4,7-8H2,1-3,5H3/b11-10+,12-6+,14-9-/t15-,16+,17+,18+/m1/s1. The highest BCUT2D eigenvalue weighted by Gasteiger charge is 2.48. The van der Waals surface area contributed by atoms with Crippen LogP contribution in [0.3, 0.4) is 0 Å². The molecule has 0 bridgehead atoms. The Morgan fingerprint density at radius 2 is 2.07 bits per heavy atom. The summed E-state index contributed by atoms with van der Waals surface area (Å²) in [6.45, 7) is 8.88. The molecule has 0 aromatic heterocycles. The Bertz CT molecular complexity index is 772. The van der Waals surface area contributed by atoms with E-state index >= 15 is 0 Å². The zero-order chi connectivity index (χ0) is 21.0.